The van der Waals surface area contributed by atoms with Gasteiger partial charge in [-0.1, -0.05) is 19.1 Å². The third-order valence-corrected chi connectivity index (χ3v) is 4.55. The molecule has 3 amide bonds. The fourth-order valence-electron chi connectivity index (χ4n) is 2.50. The number of likely N-dealkylation sites (N-methyl/N-ethyl adjacent to an activating group) is 1. The summed E-state index contributed by atoms with van der Waals surface area (Å²) in [6.45, 7) is 5.80. The molecule has 1 aliphatic carbocycles. The number of nitrogens with one attached hydrogen (secondary N) is 2. The second-order valence-corrected chi connectivity index (χ2v) is 6.58. The van der Waals surface area contributed by atoms with E-state index in [0.717, 1.165) is 23.2 Å². The fourth-order valence-corrected chi connectivity index (χ4v) is 2.50. The van der Waals surface area contributed by atoms with Gasteiger partial charge < -0.3 is 15.5 Å². The van der Waals surface area contributed by atoms with Crippen LogP contribution >= 0.6 is 0 Å². The topological polar surface area (TPSA) is 78.5 Å². The highest BCUT2D eigenvalue weighted by Crippen LogP contribution is 2.37. The van der Waals surface area contributed by atoms with Crippen LogP contribution in [0.4, 0.5) is 5.69 Å². The van der Waals surface area contributed by atoms with E-state index in [0.29, 0.717) is 5.92 Å². The molecule has 2 rings (SSSR count). The Kier molecular flexibility index (Phi) is 5.59. The van der Waals surface area contributed by atoms with E-state index in [1.807, 2.05) is 39.0 Å². The second-order valence-electron chi connectivity index (χ2n) is 6.58. The first-order chi connectivity index (χ1) is 11.3. The highest BCUT2D eigenvalue weighted by molar-refractivity contribution is 5.96. The molecule has 1 aromatic rings. The minimum Gasteiger partial charge on any atom is -0.347 e. The third kappa shape index (κ3) is 4.57. The van der Waals surface area contributed by atoms with Crippen molar-refractivity contribution in [2.24, 2.45) is 11.8 Å². The van der Waals surface area contributed by atoms with Gasteiger partial charge in [-0.2, -0.15) is 0 Å². The minimum absolute atomic E-state index is 0.0377. The minimum atomic E-state index is -0.284. The molecule has 2 unspecified atom stereocenters. The number of carbonyl (C=O) groups is 3. The van der Waals surface area contributed by atoms with E-state index in [4.69, 9.17) is 0 Å². The largest absolute Gasteiger partial charge is 0.347 e. The van der Waals surface area contributed by atoms with Gasteiger partial charge in [0.25, 0.3) is 0 Å². The van der Waals surface area contributed by atoms with Crippen molar-refractivity contribution in [2.75, 3.05) is 25.5 Å². The van der Waals surface area contributed by atoms with Crippen LogP contribution in [0.2, 0.25) is 0 Å². The molecule has 0 saturated heterocycles. The van der Waals surface area contributed by atoms with Crippen LogP contribution in [-0.4, -0.2) is 42.8 Å². The lowest BCUT2D eigenvalue weighted by Crippen LogP contribution is -2.42. The predicted octanol–water partition coefficient (Wildman–Crippen LogP) is 1.47. The number of nitrogens with zero attached hydrogens (tertiary/aromatic N) is 1. The van der Waals surface area contributed by atoms with Crippen LogP contribution in [0.5, 0.6) is 0 Å². The number of aryl methyl sites for hydroxylation is 1. The number of hydrogen-bond acceptors (Lipinski definition) is 3. The van der Waals surface area contributed by atoms with Crippen LogP contribution in [0.15, 0.2) is 18.2 Å². The first kappa shape index (κ1) is 18.0. The molecular weight excluding hydrogens is 306 g/mol. The van der Waals surface area contributed by atoms with Crippen LogP contribution in [0.1, 0.15) is 24.5 Å². The van der Waals surface area contributed by atoms with E-state index in [1.165, 1.54) is 4.90 Å². The first-order valence-electron chi connectivity index (χ1n) is 8.17. The van der Waals surface area contributed by atoms with Crippen LogP contribution < -0.4 is 10.6 Å². The Hall–Kier alpha value is -2.37. The van der Waals surface area contributed by atoms with Gasteiger partial charge in [0.05, 0.1) is 13.1 Å². The van der Waals surface area contributed by atoms with E-state index in [1.54, 1.807) is 7.05 Å². The summed E-state index contributed by atoms with van der Waals surface area (Å²) in [5.74, 6) is -0.185. The fraction of sp³-hybridized carbons (Fsp3) is 0.500. The molecule has 1 saturated carbocycles. The van der Waals surface area contributed by atoms with Crippen molar-refractivity contribution < 1.29 is 14.4 Å². The maximum atomic E-state index is 12.1. The number of amides is 3. The summed E-state index contributed by atoms with van der Waals surface area (Å²) in [7, 11) is 1.55. The highest BCUT2D eigenvalue weighted by atomic mass is 16.2. The van der Waals surface area contributed by atoms with Crippen LogP contribution in [0.25, 0.3) is 0 Å². The van der Waals surface area contributed by atoms with Gasteiger partial charge >= 0.3 is 0 Å². The molecule has 1 aliphatic rings. The zero-order valence-electron chi connectivity index (χ0n) is 14.7. The van der Waals surface area contributed by atoms with Gasteiger partial charge in [0.1, 0.15) is 0 Å². The standard InChI is InChI=1S/C18H25N3O3/c1-11-6-5-7-15(13(11)3)20-16(22)10-21(4)17(23)9-19-18(24)14-8-12(14)2/h5-7,12,14H,8-10H2,1-4H3,(H,19,24)(H,20,22). The van der Waals surface area contributed by atoms with Gasteiger partial charge in [0, 0.05) is 18.7 Å². The third-order valence-electron chi connectivity index (χ3n) is 4.55. The Morgan fingerprint density at radius 2 is 1.92 bits per heavy atom. The Bertz CT molecular complexity index is 657. The van der Waals surface area contributed by atoms with E-state index in [9.17, 15) is 14.4 Å². The average Bonchev–Trinajstić information content (AvgIpc) is 3.26. The van der Waals surface area contributed by atoms with E-state index >= 15 is 0 Å². The molecule has 24 heavy (non-hydrogen) atoms. The van der Waals surface area contributed by atoms with Crippen molar-refractivity contribution in [3.05, 3.63) is 29.3 Å². The molecule has 6 nitrogen and oxygen atoms in total. The molecule has 0 heterocycles. The van der Waals surface area contributed by atoms with Crippen LogP contribution in [0.3, 0.4) is 0 Å². The lowest BCUT2D eigenvalue weighted by molar-refractivity contribution is -0.134. The molecule has 6 heteroatoms. The number of carbonyl (C=O) groups excluding carboxylic acids is 3. The lowest BCUT2D eigenvalue weighted by atomic mass is 10.1. The summed E-state index contributed by atoms with van der Waals surface area (Å²) < 4.78 is 0. The molecule has 2 atom stereocenters. The van der Waals surface area contributed by atoms with Crippen LogP contribution in [-0.2, 0) is 14.4 Å². The predicted molar refractivity (Wildman–Crippen MR) is 92.5 cm³/mol. The Balaban J connectivity index is 1.79. The zero-order valence-corrected chi connectivity index (χ0v) is 14.7. The summed E-state index contributed by atoms with van der Waals surface area (Å²) in [5.41, 5.74) is 2.84. The maximum Gasteiger partial charge on any atom is 0.243 e. The Morgan fingerprint density at radius 1 is 1.25 bits per heavy atom. The van der Waals surface area contributed by atoms with E-state index in [-0.39, 0.29) is 36.7 Å². The number of benzene rings is 1. The number of anilines is 1. The molecule has 0 aliphatic heterocycles. The van der Waals surface area contributed by atoms with E-state index in [2.05, 4.69) is 10.6 Å². The van der Waals surface area contributed by atoms with Crippen molar-refractivity contribution in [3.63, 3.8) is 0 Å². The highest BCUT2D eigenvalue weighted by Gasteiger charge is 2.39. The number of hydrogen-bond donors (Lipinski definition) is 2. The smallest absolute Gasteiger partial charge is 0.243 e. The van der Waals surface area contributed by atoms with Gasteiger partial charge in [-0.05, 0) is 43.4 Å². The van der Waals surface area contributed by atoms with Crippen molar-refractivity contribution in [3.8, 4) is 0 Å². The summed E-state index contributed by atoms with van der Waals surface area (Å²) >= 11 is 0. The van der Waals surface area contributed by atoms with E-state index < -0.39 is 0 Å². The maximum absolute atomic E-state index is 12.1. The summed E-state index contributed by atoms with van der Waals surface area (Å²) in [6, 6.07) is 5.68. The molecule has 0 spiro atoms. The number of rotatable bonds is 6. The molecule has 1 aromatic carbocycles. The molecule has 0 radical (unpaired) electrons. The van der Waals surface area contributed by atoms with Crippen molar-refractivity contribution in [1.82, 2.24) is 10.2 Å². The molecular formula is C18H25N3O3. The van der Waals surface area contributed by atoms with Crippen LogP contribution in [0, 0.1) is 25.7 Å². The van der Waals surface area contributed by atoms with Gasteiger partial charge in [-0.15, -0.1) is 0 Å². The van der Waals surface area contributed by atoms with Crippen molar-refractivity contribution in [2.45, 2.75) is 27.2 Å². The molecule has 0 bridgehead atoms. The average molecular weight is 331 g/mol. The quantitative estimate of drug-likeness (QED) is 0.828. The van der Waals surface area contributed by atoms with Crippen molar-refractivity contribution in [1.29, 1.82) is 0 Å². The normalized spacial score (nSPS) is 18.7. The molecule has 0 aromatic heterocycles. The van der Waals surface area contributed by atoms with Gasteiger partial charge in [-0.25, -0.2) is 0 Å². The Labute approximate surface area is 142 Å². The summed E-state index contributed by atoms with van der Waals surface area (Å²) in [4.78, 5) is 37.1. The molecule has 2 N–H and O–H groups in total. The van der Waals surface area contributed by atoms with Crippen molar-refractivity contribution >= 4 is 23.4 Å². The molecule has 1 fully saturated rings. The zero-order chi connectivity index (χ0) is 17.9. The monoisotopic (exact) mass is 331 g/mol. The first-order valence-corrected chi connectivity index (χ1v) is 8.17. The summed E-state index contributed by atoms with van der Waals surface area (Å²) in [6.07, 6.45) is 0.883. The van der Waals surface area contributed by atoms with Gasteiger partial charge in [-0.3, -0.25) is 14.4 Å². The van der Waals surface area contributed by atoms with Gasteiger partial charge in [0.2, 0.25) is 17.7 Å². The lowest BCUT2D eigenvalue weighted by Gasteiger charge is -2.18. The van der Waals surface area contributed by atoms with Gasteiger partial charge in [0.15, 0.2) is 0 Å². The SMILES string of the molecule is Cc1cccc(NC(=O)CN(C)C(=O)CNC(=O)C2CC2C)c1C. The Morgan fingerprint density at radius 3 is 2.54 bits per heavy atom. The second kappa shape index (κ2) is 7.47. The molecule has 130 valence electrons. The summed E-state index contributed by atoms with van der Waals surface area (Å²) in [5, 5.41) is 5.45.